The molecule has 0 radical (unpaired) electrons. The summed E-state index contributed by atoms with van der Waals surface area (Å²) < 4.78 is 0. The Morgan fingerprint density at radius 2 is 0.371 bits per heavy atom. The number of hydrogen-bond donors (Lipinski definition) is 0. The quantitative estimate of drug-likeness (QED) is 0.110. The first-order chi connectivity index (χ1) is 29.5. The third kappa shape index (κ3) is 25.0. The first-order valence-corrected chi connectivity index (χ1v) is 26.2. The monoisotopic (exact) mass is 1280 g/mol. The van der Waals surface area contributed by atoms with Crippen LogP contribution in [0.25, 0.3) is 0 Å². The molecule has 8 aromatic rings. The topological polar surface area (TPSA) is 0 Å². The first kappa shape index (κ1) is 57.4. The summed E-state index contributed by atoms with van der Waals surface area (Å²) in [5, 5.41) is 5.90. The van der Waals surface area contributed by atoms with E-state index in [0.29, 0.717) is 0 Å². The maximum Gasteiger partial charge on any atom is 0.0964 e. The third-order valence-electron chi connectivity index (χ3n) is 8.87. The second-order valence-electron chi connectivity index (χ2n) is 13.2. The zero-order chi connectivity index (χ0) is 42.9. The van der Waals surface area contributed by atoms with Gasteiger partial charge in [0.05, 0.1) is 50.4 Å². The van der Waals surface area contributed by atoms with Crippen molar-refractivity contribution in [1.82, 2.24) is 0 Å². The molecule has 62 heavy (non-hydrogen) atoms. The van der Waals surface area contributed by atoms with E-state index in [1.165, 1.54) is 43.5 Å². The Morgan fingerprint density at radius 3 is 0.484 bits per heavy atom. The van der Waals surface area contributed by atoms with E-state index in [2.05, 4.69) is 135 Å². The van der Waals surface area contributed by atoms with Crippen molar-refractivity contribution in [3.63, 3.8) is 0 Å². The smallest absolute Gasteiger partial charge is 0.0964 e. The standard InChI is InChI=1S/2C13H13P.4C7H8S.2Pt/c2*1-14(12-8-4-2-5-9-12)13-10-6-3-7-11-13;4*8-6-7-4-2-1-3-5-7;;/h2*2-11H,1H3;4*1-5,8H,6H2;;/p-2. The van der Waals surface area contributed by atoms with Crippen LogP contribution < -0.4 is 21.2 Å². The number of benzene rings is 8. The van der Waals surface area contributed by atoms with Gasteiger partial charge in [0, 0.05) is 42.1 Å². The van der Waals surface area contributed by atoms with Gasteiger partial charge in [0.15, 0.2) is 0 Å². The molecule has 0 N–H and O–H groups in total. The van der Waals surface area contributed by atoms with Crippen molar-refractivity contribution < 1.29 is 42.1 Å². The summed E-state index contributed by atoms with van der Waals surface area (Å²) in [6.45, 7) is 4.69. The minimum atomic E-state index is -0.545. The van der Waals surface area contributed by atoms with Crippen molar-refractivity contribution in [2.75, 3.05) is 13.3 Å². The van der Waals surface area contributed by atoms with Gasteiger partial charge < -0.3 is 50.5 Å². The van der Waals surface area contributed by atoms with Crippen LogP contribution in [-0.4, -0.2) is 13.3 Å². The molecule has 0 nitrogen and oxygen atoms in total. The maximum absolute atomic E-state index is 4.82. The van der Waals surface area contributed by atoms with Crippen LogP contribution in [0.2, 0.25) is 0 Å². The van der Waals surface area contributed by atoms with Crippen LogP contribution in [0.5, 0.6) is 0 Å². The van der Waals surface area contributed by atoms with Crippen LogP contribution in [0.1, 0.15) is 22.3 Å². The molecule has 0 heterocycles. The zero-order valence-electron chi connectivity index (χ0n) is 35.2. The van der Waals surface area contributed by atoms with Crippen LogP contribution in [0.3, 0.4) is 0 Å². The molecule has 0 aliphatic heterocycles. The van der Waals surface area contributed by atoms with Gasteiger partial charge in [-0.15, -0.1) is 0 Å². The zero-order valence-corrected chi connectivity index (χ0v) is 45.0. The fourth-order valence-electron chi connectivity index (χ4n) is 5.38. The van der Waals surface area contributed by atoms with Crippen molar-refractivity contribution in [2.24, 2.45) is 0 Å². The molecular weight excluding hydrogens is 1230 g/mol. The van der Waals surface area contributed by atoms with Crippen molar-refractivity contribution in [3.8, 4) is 0 Å². The van der Waals surface area contributed by atoms with Crippen molar-refractivity contribution in [2.45, 2.75) is 23.0 Å². The molecule has 0 amide bonds. The van der Waals surface area contributed by atoms with Gasteiger partial charge in [-0.1, -0.05) is 216 Å². The molecule has 0 spiro atoms. The Balaban J connectivity index is 0.000000377. The molecule has 0 aliphatic carbocycles. The summed E-state index contributed by atoms with van der Waals surface area (Å²) in [6.07, 6.45) is 0. The van der Waals surface area contributed by atoms with Gasteiger partial charge in [0.2, 0.25) is 0 Å². The molecule has 0 aromatic heterocycles. The summed E-state index contributed by atoms with van der Waals surface area (Å²) in [4.78, 5) is 0. The van der Waals surface area contributed by atoms with Crippen LogP contribution in [0, 0.1) is 0 Å². The molecule has 328 valence electrons. The fraction of sp³-hybridized carbons (Fsp3) is 0.111. The summed E-state index contributed by atoms with van der Waals surface area (Å²) in [5.41, 5.74) is 4.90. The van der Waals surface area contributed by atoms with Gasteiger partial charge in [-0.2, -0.15) is 23.0 Å². The third-order valence-corrected chi connectivity index (χ3v) is 15.0. The molecule has 0 unspecified atom stereocenters. The van der Waals surface area contributed by atoms with E-state index in [4.69, 9.17) is 50.5 Å². The largest absolute Gasteiger partial charge is 0.788 e. The minimum absolute atomic E-state index is 0. The van der Waals surface area contributed by atoms with Crippen LogP contribution >= 0.6 is 15.8 Å². The molecule has 0 atom stereocenters. The van der Waals surface area contributed by atoms with Crippen LogP contribution in [-0.2, 0) is 116 Å². The molecule has 0 saturated heterocycles. The second-order valence-corrected chi connectivity index (χ2v) is 19.2. The maximum atomic E-state index is 4.82. The van der Waals surface area contributed by atoms with E-state index >= 15 is 0 Å². The average molecular weight is 1290 g/mol. The van der Waals surface area contributed by atoms with Gasteiger partial charge >= 0.3 is 0 Å². The minimum Gasteiger partial charge on any atom is -0.788 e. The van der Waals surface area contributed by atoms with Crippen molar-refractivity contribution >= 4 is 87.6 Å². The Hall–Kier alpha value is -2.60. The molecule has 0 fully saturated rings. The molecular formula is C54H56P2Pt2S4-2. The first-order valence-electron chi connectivity index (χ1n) is 19.9. The van der Waals surface area contributed by atoms with Gasteiger partial charge in [-0.05, 0) is 48.5 Å². The molecule has 8 aromatic carbocycles. The SMILES string of the molecule is C[PH+](c1ccccc1)c1ccccc1.C[PH+](c1ccccc1)c1ccccc1.[Pt].[Pt].[S-]Cc1ccccc1.[S-]Cc1ccccc1.[S-]Cc1ccccc1.[S-]Cc1ccccc1. The van der Waals surface area contributed by atoms with E-state index in [1.807, 2.05) is 121 Å². The summed E-state index contributed by atoms with van der Waals surface area (Å²) in [5.74, 6) is 2.89. The fourth-order valence-corrected chi connectivity index (χ4v) is 9.59. The van der Waals surface area contributed by atoms with E-state index in [1.54, 1.807) is 0 Å². The molecule has 8 heteroatoms. The van der Waals surface area contributed by atoms with E-state index < -0.39 is 15.8 Å². The Labute approximate surface area is 426 Å². The Morgan fingerprint density at radius 1 is 0.242 bits per heavy atom. The number of hydrogen-bond acceptors (Lipinski definition) is 4. The van der Waals surface area contributed by atoms with Gasteiger partial charge in [-0.3, -0.25) is 0 Å². The van der Waals surface area contributed by atoms with Gasteiger partial charge in [0.1, 0.15) is 0 Å². The summed E-state index contributed by atoms with van der Waals surface area (Å²) in [7, 11) is -1.09. The van der Waals surface area contributed by atoms with Crippen LogP contribution in [0.15, 0.2) is 243 Å². The molecule has 0 saturated carbocycles. The summed E-state index contributed by atoms with van der Waals surface area (Å²) in [6, 6.07) is 83.3. The Kier molecular flexibility index (Phi) is 34.9. The molecule has 0 bridgehead atoms. The molecule has 8 rings (SSSR count). The predicted molar refractivity (Wildman–Crippen MR) is 283 cm³/mol. The van der Waals surface area contributed by atoms with Gasteiger partial charge in [0.25, 0.3) is 0 Å². The van der Waals surface area contributed by atoms with Gasteiger partial charge in [-0.25, -0.2) is 0 Å². The predicted octanol–water partition coefficient (Wildman–Crippen LogP) is 11.9. The normalized spacial score (nSPS) is 9.42. The van der Waals surface area contributed by atoms with Crippen molar-refractivity contribution in [3.05, 3.63) is 265 Å². The molecule has 0 aliphatic rings. The van der Waals surface area contributed by atoms with Crippen molar-refractivity contribution in [1.29, 1.82) is 0 Å². The second kappa shape index (κ2) is 37.7. The van der Waals surface area contributed by atoms with E-state index in [0.717, 1.165) is 23.0 Å². The summed E-state index contributed by atoms with van der Waals surface area (Å²) >= 11 is 19.3. The van der Waals surface area contributed by atoms with Crippen LogP contribution in [0.4, 0.5) is 0 Å². The van der Waals surface area contributed by atoms with E-state index in [-0.39, 0.29) is 42.1 Å². The Bertz CT molecular complexity index is 1840. The van der Waals surface area contributed by atoms with E-state index in [9.17, 15) is 0 Å². The number of rotatable bonds is 8. The average Bonchev–Trinajstić information content (AvgIpc) is 3.36.